The van der Waals surface area contributed by atoms with Gasteiger partial charge in [0.25, 0.3) is 7.82 Å². The Morgan fingerprint density at radius 2 is 1.04 bits per heavy atom. The lowest BCUT2D eigenvalue weighted by molar-refractivity contribution is -0.870. The summed E-state index contributed by atoms with van der Waals surface area (Å²) >= 11 is 0. The van der Waals surface area contributed by atoms with E-state index < -0.39 is 20.0 Å². The Morgan fingerprint density at radius 3 is 1.47 bits per heavy atom. The molecule has 0 saturated heterocycles. The molecule has 8 nitrogen and oxygen atoms in total. The van der Waals surface area contributed by atoms with Crippen LogP contribution in [0.2, 0.25) is 0 Å². The van der Waals surface area contributed by atoms with E-state index in [1.165, 1.54) is 148 Å². The van der Waals surface area contributed by atoms with Crippen molar-refractivity contribution >= 4 is 13.7 Å². The van der Waals surface area contributed by atoms with Gasteiger partial charge in [-0.05, 0) is 38.5 Å². The van der Waals surface area contributed by atoms with E-state index in [1.807, 2.05) is 21.1 Å². The maximum absolute atomic E-state index is 12.8. The highest BCUT2D eigenvalue weighted by Crippen LogP contribution is 2.38. The summed E-state index contributed by atoms with van der Waals surface area (Å²) in [6, 6.07) is -0.797. The van der Waals surface area contributed by atoms with Gasteiger partial charge in [-0.15, -0.1) is 0 Å². The van der Waals surface area contributed by atoms with Gasteiger partial charge in [0.2, 0.25) is 5.91 Å². The zero-order valence-electron chi connectivity index (χ0n) is 35.7. The van der Waals surface area contributed by atoms with Crippen molar-refractivity contribution in [2.45, 2.75) is 225 Å². The fourth-order valence-electron chi connectivity index (χ4n) is 6.62. The van der Waals surface area contributed by atoms with E-state index in [9.17, 15) is 19.4 Å². The molecule has 2 N–H and O–H groups in total. The number of phosphoric acid groups is 1. The monoisotopic (exact) mass is 773 g/mol. The number of aliphatic hydroxyl groups is 1. The van der Waals surface area contributed by atoms with Gasteiger partial charge in [-0.3, -0.25) is 9.36 Å². The number of quaternary nitrogens is 1. The normalized spacial score (nSPS) is 14.5. The molecule has 0 aromatic heterocycles. The Labute approximate surface area is 329 Å². The maximum Gasteiger partial charge on any atom is 0.268 e. The molecule has 0 aliphatic rings. The molecule has 0 radical (unpaired) electrons. The van der Waals surface area contributed by atoms with Crippen molar-refractivity contribution < 1.29 is 32.9 Å². The number of phosphoric ester groups is 1. The summed E-state index contributed by atoms with van der Waals surface area (Å²) < 4.78 is 23.2. The molecule has 0 heterocycles. The molecule has 0 aromatic carbocycles. The molecule has 0 fully saturated rings. The van der Waals surface area contributed by atoms with E-state index in [0.29, 0.717) is 23.9 Å². The van der Waals surface area contributed by atoms with E-state index in [0.717, 1.165) is 38.5 Å². The number of likely N-dealkylation sites (N-methyl/N-ethyl adjacent to an activating group) is 1. The number of nitrogens with one attached hydrogen (secondary N) is 1. The summed E-state index contributed by atoms with van der Waals surface area (Å²) in [7, 11) is 1.30. The van der Waals surface area contributed by atoms with Crippen molar-refractivity contribution in [2.75, 3.05) is 40.9 Å². The lowest BCUT2D eigenvalue weighted by Crippen LogP contribution is -2.46. The summed E-state index contributed by atoms with van der Waals surface area (Å²) in [5.41, 5.74) is 0. The molecule has 0 rings (SSSR count). The predicted molar refractivity (Wildman–Crippen MR) is 224 cm³/mol. The molecular formula is C44H89N2O6P. The number of nitrogens with zero attached hydrogens (tertiary/aromatic N) is 1. The SMILES string of the molecule is CCCCCCCCCCCCC/C=C\CCCCCCCCCC(=O)NC(COP(=O)([O-])OCC[N+](C)(C)C)C(O)CCCCCCCCCCC. The van der Waals surface area contributed by atoms with Gasteiger partial charge in [0.15, 0.2) is 0 Å². The fourth-order valence-corrected chi connectivity index (χ4v) is 7.35. The second-order valence-corrected chi connectivity index (χ2v) is 18.2. The first-order valence-corrected chi connectivity index (χ1v) is 24.0. The van der Waals surface area contributed by atoms with E-state index in [2.05, 4.69) is 31.3 Å². The minimum Gasteiger partial charge on any atom is -0.756 e. The van der Waals surface area contributed by atoms with Crippen LogP contribution < -0.4 is 10.2 Å². The van der Waals surface area contributed by atoms with Crippen LogP contribution in [0.4, 0.5) is 0 Å². The molecule has 3 atom stereocenters. The van der Waals surface area contributed by atoms with Crippen LogP contribution in [0.5, 0.6) is 0 Å². The predicted octanol–water partition coefficient (Wildman–Crippen LogP) is 11.7. The van der Waals surface area contributed by atoms with E-state index in [4.69, 9.17) is 9.05 Å². The Morgan fingerprint density at radius 1 is 0.642 bits per heavy atom. The molecule has 0 aliphatic heterocycles. The summed E-state index contributed by atoms with van der Waals surface area (Å²) in [5.74, 6) is -0.170. The summed E-state index contributed by atoms with van der Waals surface area (Å²) in [4.78, 5) is 25.2. The Balaban J connectivity index is 4.19. The van der Waals surface area contributed by atoms with Crippen molar-refractivity contribution in [3.8, 4) is 0 Å². The third kappa shape index (κ3) is 39.3. The highest BCUT2D eigenvalue weighted by Gasteiger charge is 2.24. The summed E-state index contributed by atoms with van der Waals surface area (Å²) in [5, 5.41) is 13.8. The minimum atomic E-state index is -4.55. The highest BCUT2D eigenvalue weighted by molar-refractivity contribution is 7.45. The second kappa shape index (κ2) is 36.9. The highest BCUT2D eigenvalue weighted by atomic mass is 31.2. The quantitative estimate of drug-likeness (QED) is 0.0277. The van der Waals surface area contributed by atoms with Crippen LogP contribution in [-0.4, -0.2) is 68.5 Å². The number of amides is 1. The number of carbonyl (C=O) groups is 1. The van der Waals surface area contributed by atoms with E-state index in [-0.39, 0.29) is 19.1 Å². The van der Waals surface area contributed by atoms with Crippen LogP contribution in [0.25, 0.3) is 0 Å². The van der Waals surface area contributed by atoms with Crippen LogP contribution >= 0.6 is 7.82 Å². The molecule has 9 heteroatoms. The molecule has 1 amide bonds. The zero-order chi connectivity index (χ0) is 39.3. The van der Waals surface area contributed by atoms with Crippen molar-refractivity contribution in [3.63, 3.8) is 0 Å². The van der Waals surface area contributed by atoms with E-state index in [1.54, 1.807) is 0 Å². The molecule has 0 aliphatic carbocycles. The number of rotatable bonds is 41. The first-order chi connectivity index (χ1) is 25.5. The first-order valence-electron chi connectivity index (χ1n) is 22.5. The number of unbranched alkanes of at least 4 members (excludes halogenated alkanes) is 26. The van der Waals surface area contributed by atoms with Crippen molar-refractivity contribution in [3.05, 3.63) is 12.2 Å². The van der Waals surface area contributed by atoms with Crippen LogP contribution in [0.15, 0.2) is 12.2 Å². The van der Waals surface area contributed by atoms with Crippen LogP contribution in [0, 0.1) is 0 Å². The van der Waals surface area contributed by atoms with Gasteiger partial charge in [-0.2, -0.15) is 0 Å². The van der Waals surface area contributed by atoms with Gasteiger partial charge < -0.3 is 28.8 Å². The molecular weight excluding hydrogens is 683 g/mol. The van der Waals surface area contributed by atoms with Gasteiger partial charge >= 0.3 is 0 Å². The fraction of sp³-hybridized carbons (Fsp3) is 0.932. The lowest BCUT2D eigenvalue weighted by atomic mass is 10.0. The zero-order valence-corrected chi connectivity index (χ0v) is 36.6. The first kappa shape index (κ1) is 52.2. The summed E-state index contributed by atoms with van der Waals surface area (Å²) in [6.45, 7) is 4.70. The van der Waals surface area contributed by atoms with E-state index >= 15 is 0 Å². The Bertz CT molecular complexity index is 880. The minimum absolute atomic E-state index is 0.0128. The third-order valence-electron chi connectivity index (χ3n) is 10.3. The van der Waals surface area contributed by atoms with Crippen molar-refractivity contribution in [1.29, 1.82) is 0 Å². The standard InChI is InChI=1S/C44H89N2O6P/c1-6-8-10-12-14-16-17-18-19-20-21-22-23-24-25-26-27-28-30-32-34-36-38-44(48)45-42(41-52-53(49,50)51-40-39-46(3,4)5)43(47)37-35-33-31-29-15-13-11-9-7-2/h23-24,42-43,47H,6-22,25-41H2,1-5H3,(H-,45,48,49,50)/b24-23-. The molecule has 316 valence electrons. The number of hydrogen-bond donors (Lipinski definition) is 2. The number of carbonyl (C=O) groups excluding carboxylic acids is 1. The molecule has 0 aromatic rings. The number of aliphatic hydroxyl groups excluding tert-OH is 1. The molecule has 0 saturated carbocycles. The molecule has 3 unspecified atom stereocenters. The number of hydrogen-bond acceptors (Lipinski definition) is 6. The summed E-state index contributed by atoms with van der Waals surface area (Å²) in [6.07, 6.45) is 40.8. The maximum atomic E-state index is 12.8. The van der Waals surface area contributed by atoms with Crippen LogP contribution in [0.1, 0.15) is 213 Å². The lowest BCUT2D eigenvalue weighted by Gasteiger charge is -2.30. The Kier molecular flexibility index (Phi) is 36.3. The smallest absolute Gasteiger partial charge is 0.268 e. The van der Waals surface area contributed by atoms with Gasteiger partial charge in [-0.1, -0.05) is 180 Å². The van der Waals surface area contributed by atoms with Gasteiger partial charge in [0.05, 0.1) is 39.9 Å². The third-order valence-corrected chi connectivity index (χ3v) is 11.2. The average molecular weight is 773 g/mol. The number of allylic oxidation sites excluding steroid dienone is 2. The second-order valence-electron chi connectivity index (χ2n) is 16.8. The largest absolute Gasteiger partial charge is 0.756 e. The Hall–Kier alpha value is -0.760. The van der Waals surface area contributed by atoms with Gasteiger partial charge in [0.1, 0.15) is 13.2 Å². The molecule has 0 spiro atoms. The van der Waals surface area contributed by atoms with Gasteiger partial charge in [0, 0.05) is 6.42 Å². The van der Waals surface area contributed by atoms with Crippen molar-refractivity contribution in [1.82, 2.24) is 5.32 Å². The van der Waals surface area contributed by atoms with Crippen LogP contribution in [-0.2, 0) is 18.4 Å². The van der Waals surface area contributed by atoms with Crippen molar-refractivity contribution in [2.24, 2.45) is 0 Å². The van der Waals surface area contributed by atoms with Crippen LogP contribution in [0.3, 0.4) is 0 Å². The average Bonchev–Trinajstić information content (AvgIpc) is 3.10. The topological polar surface area (TPSA) is 108 Å². The molecule has 53 heavy (non-hydrogen) atoms. The van der Waals surface area contributed by atoms with Gasteiger partial charge in [-0.25, -0.2) is 0 Å². The molecule has 0 bridgehead atoms.